The molecule has 0 atom stereocenters. The highest BCUT2D eigenvalue weighted by atomic mass is 127. The standard InChI is InChI=1S/C7H4FI2NO/c8-5-3(7(11)12)1-2-4(9)6(5)10/h1-2H,(H2,11,12). The summed E-state index contributed by atoms with van der Waals surface area (Å²) in [7, 11) is 0. The van der Waals surface area contributed by atoms with Crippen molar-refractivity contribution in [2.45, 2.75) is 0 Å². The van der Waals surface area contributed by atoms with E-state index in [1.54, 1.807) is 6.07 Å². The van der Waals surface area contributed by atoms with Crippen molar-refractivity contribution in [1.82, 2.24) is 0 Å². The Kier molecular flexibility index (Phi) is 3.27. The molecule has 0 unspecified atom stereocenters. The van der Waals surface area contributed by atoms with E-state index in [4.69, 9.17) is 5.73 Å². The smallest absolute Gasteiger partial charge is 0.251 e. The van der Waals surface area contributed by atoms with Crippen molar-refractivity contribution < 1.29 is 9.18 Å². The van der Waals surface area contributed by atoms with Crippen LogP contribution in [0.3, 0.4) is 0 Å². The second-order valence-corrected chi connectivity index (χ2v) is 4.33. The molecule has 0 spiro atoms. The van der Waals surface area contributed by atoms with Crippen molar-refractivity contribution in [1.29, 1.82) is 0 Å². The summed E-state index contributed by atoms with van der Waals surface area (Å²) in [5, 5.41) is 0. The first-order valence-corrected chi connectivity index (χ1v) is 5.13. The number of nitrogens with two attached hydrogens (primary N) is 1. The Labute approximate surface area is 96.0 Å². The fourth-order valence-electron chi connectivity index (χ4n) is 0.716. The number of hydrogen-bond acceptors (Lipinski definition) is 1. The highest BCUT2D eigenvalue weighted by Gasteiger charge is 2.12. The zero-order valence-corrected chi connectivity index (χ0v) is 10.1. The van der Waals surface area contributed by atoms with Gasteiger partial charge < -0.3 is 5.73 Å². The molecule has 0 aliphatic carbocycles. The Morgan fingerprint density at radius 3 is 2.50 bits per heavy atom. The molecule has 1 rings (SSSR count). The molecule has 0 saturated carbocycles. The molecule has 12 heavy (non-hydrogen) atoms. The van der Waals surface area contributed by atoms with E-state index in [1.165, 1.54) is 6.07 Å². The van der Waals surface area contributed by atoms with Gasteiger partial charge >= 0.3 is 0 Å². The summed E-state index contributed by atoms with van der Waals surface area (Å²) in [4.78, 5) is 10.7. The van der Waals surface area contributed by atoms with Crippen molar-refractivity contribution in [2.24, 2.45) is 5.73 Å². The van der Waals surface area contributed by atoms with Crippen molar-refractivity contribution in [2.75, 3.05) is 0 Å². The lowest BCUT2D eigenvalue weighted by molar-refractivity contribution is 0.0996. The first kappa shape index (κ1) is 10.2. The maximum absolute atomic E-state index is 13.2. The van der Waals surface area contributed by atoms with Crippen LogP contribution in [0.4, 0.5) is 4.39 Å². The van der Waals surface area contributed by atoms with Gasteiger partial charge in [-0.15, -0.1) is 0 Å². The summed E-state index contributed by atoms with van der Waals surface area (Å²) < 4.78 is 14.4. The first-order valence-electron chi connectivity index (χ1n) is 2.97. The van der Waals surface area contributed by atoms with Gasteiger partial charge in [0.1, 0.15) is 5.82 Å². The SMILES string of the molecule is NC(=O)c1ccc(I)c(I)c1F. The summed E-state index contributed by atoms with van der Waals surface area (Å²) >= 11 is 3.83. The number of carbonyl (C=O) groups is 1. The molecule has 1 aromatic carbocycles. The Morgan fingerprint density at radius 1 is 1.42 bits per heavy atom. The lowest BCUT2D eigenvalue weighted by atomic mass is 10.2. The molecule has 0 aromatic heterocycles. The number of carbonyl (C=O) groups excluding carboxylic acids is 1. The van der Waals surface area contributed by atoms with Gasteiger partial charge in [0.15, 0.2) is 0 Å². The molecule has 0 bridgehead atoms. The van der Waals surface area contributed by atoms with E-state index in [-0.39, 0.29) is 5.56 Å². The molecule has 5 heteroatoms. The Bertz CT molecular complexity index is 340. The number of hydrogen-bond donors (Lipinski definition) is 1. The highest BCUT2D eigenvalue weighted by Crippen LogP contribution is 2.20. The maximum atomic E-state index is 13.2. The van der Waals surface area contributed by atoms with Gasteiger partial charge in [-0.25, -0.2) is 4.39 Å². The number of halogens is 3. The fraction of sp³-hybridized carbons (Fsp3) is 0. The lowest BCUT2D eigenvalue weighted by Crippen LogP contribution is -2.14. The van der Waals surface area contributed by atoms with Crippen molar-refractivity contribution in [3.8, 4) is 0 Å². The Morgan fingerprint density at radius 2 is 2.00 bits per heavy atom. The number of rotatable bonds is 1. The molecule has 0 heterocycles. The van der Waals surface area contributed by atoms with Crippen LogP contribution < -0.4 is 5.73 Å². The Balaban J connectivity index is 3.36. The minimum atomic E-state index is -0.734. The van der Waals surface area contributed by atoms with Crippen LogP contribution in [0.2, 0.25) is 0 Å². The van der Waals surface area contributed by atoms with Crippen LogP contribution >= 0.6 is 45.2 Å². The Hall–Kier alpha value is 0.0800. The molecule has 0 radical (unpaired) electrons. The topological polar surface area (TPSA) is 43.1 Å². The van der Waals surface area contributed by atoms with Crippen molar-refractivity contribution >= 4 is 51.1 Å². The zero-order chi connectivity index (χ0) is 9.30. The normalized spacial score (nSPS) is 9.92. The summed E-state index contributed by atoms with van der Waals surface area (Å²) in [6.45, 7) is 0. The van der Waals surface area contributed by atoms with E-state index in [0.717, 1.165) is 3.57 Å². The summed E-state index contributed by atoms with van der Waals surface area (Å²) in [6, 6.07) is 3.05. The van der Waals surface area contributed by atoms with Crippen LogP contribution in [-0.4, -0.2) is 5.91 Å². The molecule has 0 aliphatic heterocycles. The average Bonchev–Trinajstić information content (AvgIpc) is 2.00. The van der Waals surface area contributed by atoms with Gasteiger partial charge in [0.25, 0.3) is 5.91 Å². The molecular formula is C7H4FI2NO. The third-order valence-electron chi connectivity index (χ3n) is 1.30. The largest absolute Gasteiger partial charge is 0.366 e. The van der Waals surface area contributed by atoms with Gasteiger partial charge in [-0.2, -0.15) is 0 Å². The summed E-state index contributed by atoms with van der Waals surface area (Å²) in [5.74, 6) is -1.27. The summed E-state index contributed by atoms with van der Waals surface area (Å²) in [6.07, 6.45) is 0. The van der Waals surface area contributed by atoms with Crippen LogP contribution in [0.15, 0.2) is 12.1 Å². The van der Waals surface area contributed by atoms with Crippen LogP contribution in [0, 0.1) is 13.0 Å². The molecule has 64 valence electrons. The minimum Gasteiger partial charge on any atom is -0.366 e. The van der Waals surface area contributed by atoms with Crippen LogP contribution in [0.1, 0.15) is 10.4 Å². The predicted octanol–water partition coefficient (Wildman–Crippen LogP) is 2.13. The van der Waals surface area contributed by atoms with E-state index < -0.39 is 11.7 Å². The second-order valence-electron chi connectivity index (χ2n) is 2.09. The highest BCUT2D eigenvalue weighted by molar-refractivity contribution is 14.1. The van der Waals surface area contributed by atoms with Gasteiger partial charge in [0.05, 0.1) is 9.13 Å². The second kappa shape index (κ2) is 3.86. The molecule has 0 aliphatic rings. The number of amides is 1. The molecule has 1 aromatic rings. The monoisotopic (exact) mass is 391 g/mol. The lowest BCUT2D eigenvalue weighted by Gasteiger charge is -2.01. The molecule has 2 nitrogen and oxygen atoms in total. The average molecular weight is 391 g/mol. The van der Waals surface area contributed by atoms with Gasteiger partial charge in [-0.3, -0.25) is 4.79 Å². The molecule has 0 fully saturated rings. The van der Waals surface area contributed by atoms with E-state index in [9.17, 15) is 9.18 Å². The van der Waals surface area contributed by atoms with Gasteiger partial charge in [-0.05, 0) is 57.3 Å². The minimum absolute atomic E-state index is 0.0557. The van der Waals surface area contributed by atoms with E-state index in [2.05, 4.69) is 0 Å². The van der Waals surface area contributed by atoms with Crippen LogP contribution in [0.5, 0.6) is 0 Å². The van der Waals surface area contributed by atoms with Crippen LogP contribution in [0.25, 0.3) is 0 Å². The maximum Gasteiger partial charge on any atom is 0.251 e. The fourth-order valence-corrected chi connectivity index (χ4v) is 1.60. The van der Waals surface area contributed by atoms with Crippen molar-refractivity contribution in [3.05, 3.63) is 30.7 Å². The zero-order valence-electron chi connectivity index (χ0n) is 5.77. The quantitative estimate of drug-likeness (QED) is 0.579. The van der Waals surface area contributed by atoms with Gasteiger partial charge in [0.2, 0.25) is 0 Å². The predicted molar refractivity (Wildman–Crippen MR) is 60.4 cm³/mol. The third kappa shape index (κ3) is 1.87. The van der Waals surface area contributed by atoms with Crippen LogP contribution in [-0.2, 0) is 0 Å². The molecule has 2 N–H and O–H groups in total. The van der Waals surface area contributed by atoms with E-state index in [0.29, 0.717) is 3.57 Å². The van der Waals surface area contributed by atoms with E-state index >= 15 is 0 Å². The van der Waals surface area contributed by atoms with Crippen molar-refractivity contribution in [3.63, 3.8) is 0 Å². The molecular weight excluding hydrogens is 387 g/mol. The molecule has 1 amide bonds. The first-order chi connectivity index (χ1) is 5.54. The summed E-state index contributed by atoms with van der Waals surface area (Å²) in [5.41, 5.74) is 4.89. The number of benzene rings is 1. The third-order valence-corrected chi connectivity index (χ3v) is 4.29. The molecule has 0 saturated heterocycles. The van der Waals surface area contributed by atoms with Gasteiger partial charge in [0, 0.05) is 3.57 Å². The van der Waals surface area contributed by atoms with E-state index in [1.807, 2.05) is 45.2 Å². The van der Waals surface area contributed by atoms with Gasteiger partial charge in [-0.1, -0.05) is 0 Å². The number of primary amides is 1.